The fraction of sp³-hybridized carbons (Fsp3) is 0.611. The van der Waals surface area contributed by atoms with Crippen molar-refractivity contribution in [3.8, 4) is 5.75 Å². The lowest BCUT2D eigenvalue weighted by Gasteiger charge is -2.28. The lowest BCUT2D eigenvalue weighted by Crippen LogP contribution is -2.35. The van der Waals surface area contributed by atoms with Crippen LogP contribution in [0.4, 0.5) is 0 Å². The first-order chi connectivity index (χ1) is 10.6. The number of ether oxygens (including phenoxy) is 1. The predicted octanol–water partition coefficient (Wildman–Crippen LogP) is 3.51. The second-order valence-corrected chi connectivity index (χ2v) is 6.11. The predicted molar refractivity (Wildman–Crippen MR) is 86.8 cm³/mol. The second-order valence-electron chi connectivity index (χ2n) is 6.11. The van der Waals surface area contributed by atoms with Crippen LogP contribution in [0.2, 0.25) is 0 Å². The number of amides is 1. The largest absolute Gasteiger partial charge is 0.493 e. The van der Waals surface area contributed by atoms with Crippen LogP contribution in [-0.4, -0.2) is 17.6 Å². The highest BCUT2D eigenvalue weighted by Gasteiger charge is 2.25. The SMILES string of the molecule is CCCC(O)c1ccc2c(c1)C(NC(=O)C(C)CC)CCO2. The summed E-state index contributed by atoms with van der Waals surface area (Å²) in [6, 6.07) is 5.78. The topological polar surface area (TPSA) is 58.6 Å². The maximum Gasteiger partial charge on any atom is 0.223 e. The summed E-state index contributed by atoms with van der Waals surface area (Å²) < 4.78 is 5.68. The molecule has 3 atom stereocenters. The number of fused-ring (bicyclic) bond motifs is 1. The zero-order chi connectivity index (χ0) is 16.1. The van der Waals surface area contributed by atoms with Gasteiger partial charge in [0.25, 0.3) is 0 Å². The first-order valence-electron chi connectivity index (χ1n) is 8.31. The van der Waals surface area contributed by atoms with E-state index in [1.807, 2.05) is 32.0 Å². The van der Waals surface area contributed by atoms with Gasteiger partial charge in [0.2, 0.25) is 5.91 Å². The van der Waals surface area contributed by atoms with Crippen molar-refractivity contribution in [2.45, 2.75) is 58.6 Å². The lowest BCUT2D eigenvalue weighted by molar-refractivity contribution is -0.125. The van der Waals surface area contributed by atoms with E-state index in [4.69, 9.17) is 4.74 Å². The summed E-state index contributed by atoms with van der Waals surface area (Å²) in [5.41, 5.74) is 1.88. The molecule has 1 aliphatic heterocycles. The minimum Gasteiger partial charge on any atom is -0.493 e. The van der Waals surface area contributed by atoms with Crippen LogP contribution in [-0.2, 0) is 4.79 Å². The first kappa shape index (κ1) is 16.8. The van der Waals surface area contributed by atoms with E-state index < -0.39 is 6.10 Å². The van der Waals surface area contributed by atoms with Gasteiger partial charge < -0.3 is 15.2 Å². The molecule has 1 aromatic carbocycles. The van der Waals surface area contributed by atoms with E-state index in [9.17, 15) is 9.90 Å². The Balaban J connectivity index is 2.20. The number of aliphatic hydroxyl groups excluding tert-OH is 1. The molecule has 2 N–H and O–H groups in total. The molecule has 0 aromatic heterocycles. The van der Waals surface area contributed by atoms with Gasteiger partial charge in [0.05, 0.1) is 18.8 Å². The highest BCUT2D eigenvalue weighted by Crippen LogP contribution is 2.35. The molecule has 0 spiro atoms. The summed E-state index contributed by atoms with van der Waals surface area (Å²) in [5.74, 6) is 0.910. The number of aliphatic hydroxyl groups is 1. The fourth-order valence-electron chi connectivity index (χ4n) is 2.71. The molecule has 0 aliphatic carbocycles. The van der Waals surface area contributed by atoms with Crippen LogP contribution < -0.4 is 10.1 Å². The van der Waals surface area contributed by atoms with Crippen molar-refractivity contribution < 1.29 is 14.6 Å². The summed E-state index contributed by atoms with van der Waals surface area (Å²) in [6.07, 6.45) is 2.81. The van der Waals surface area contributed by atoms with Crippen LogP contribution in [0.25, 0.3) is 0 Å². The molecule has 22 heavy (non-hydrogen) atoms. The highest BCUT2D eigenvalue weighted by molar-refractivity contribution is 5.78. The lowest BCUT2D eigenvalue weighted by atomic mass is 9.94. The van der Waals surface area contributed by atoms with E-state index in [2.05, 4.69) is 12.2 Å². The summed E-state index contributed by atoms with van der Waals surface area (Å²) in [7, 11) is 0. The van der Waals surface area contributed by atoms with Crippen molar-refractivity contribution in [2.75, 3.05) is 6.61 Å². The molecule has 1 aliphatic rings. The van der Waals surface area contributed by atoms with E-state index in [-0.39, 0.29) is 17.9 Å². The van der Waals surface area contributed by atoms with E-state index in [1.54, 1.807) is 0 Å². The van der Waals surface area contributed by atoms with Crippen LogP contribution in [0.1, 0.15) is 69.7 Å². The minimum absolute atomic E-state index is 0.0140. The number of carbonyl (C=O) groups excluding carboxylic acids is 1. The van der Waals surface area contributed by atoms with E-state index in [0.29, 0.717) is 6.61 Å². The third-order valence-corrected chi connectivity index (χ3v) is 4.40. The van der Waals surface area contributed by atoms with Gasteiger partial charge in [-0.1, -0.05) is 33.3 Å². The molecule has 0 bridgehead atoms. The van der Waals surface area contributed by atoms with Crippen molar-refractivity contribution in [3.63, 3.8) is 0 Å². The molecule has 0 saturated heterocycles. The Kier molecular flexibility index (Phi) is 5.83. The van der Waals surface area contributed by atoms with E-state index >= 15 is 0 Å². The number of benzene rings is 1. The Labute approximate surface area is 132 Å². The van der Waals surface area contributed by atoms with Gasteiger partial charge in [-0.2, -0.15) is 0 Å². The zero-order valence-corrected chi connectivity index (χ0v) is 13.8. The number of rotatable bonds is 6. The Morgan fingerprint density at radius 1 is 1.45 bits per heavy atom. The van der Waals surface area contributed by atoms with Crippen LogP contribution in [0.3, 0.4) is 0 Å². The summed E-state index contributed by atoms with van der Waals surface area (Å²) in [4.78, 5) is 12.2. The van der Waals surface area contributed by atoms with E-state index in [0.717, 1.165) is 42.6 Å². The smallest absolute Gasteiger partial charge is 0.223 e. The Morgan fingerprint density at radius 3 is 2.91 bits per heavy atom. The third-order valence-electron chi connectivity index (χ3n) is 4.40. The average Bonchev–Trinajstić information content (AvgIpc) is 2.54. The van der Waals surface area contributed by atoms with Crippen LogP contribution in [0.5, 0.6) is 5.75 Å². The highest BCUT2D eigenvalue weighted by atomic mass is 16.5. The van der Waals surface area contributed by atoms with Crippen molar-refractivity contribution in [1.29, 1.82) is 0 Å². The number of nitrogens with one attached hydrogen (secondary N) is 1. The molecular formula is C18H27NO3. The van der Waals surface area contributed by atoms with E-state index in [1.165, 1.54) is 0 Å². The van der Waals surface area contributed by atoms with Gasteiger partial charge in [-0.25, -0.2) is 0 Å². The number of hydrogen-bond donors (Lipinski definition) is 2. The van der Waals surface area contributed by atoms with Gasteiger partial charge in [0, 0.05) is 17.9 Å². The Hall–Kier alpha value is -1.55. The average molecular weight is 305 g/mol. The molecule has 0 radical (unpaired) electrons. The molecule has 0 saturated carbocycles. The second kappa shape index (κ2) is 7.63. The molecule has 1 heterocycles. The van der Waals surface area contributed by atoms with Crippen LogP contribution in [0.15, 0.2) is 18.2 Å². The van der Waals surface area contributed by atoms with Crippen molar-refractivity contribution >= 4 is 5.91 Å². The van der Waals surface area contributed by atoms with Gasteiger partial charge in [-0.3, -0.25) is 4.79 Å². The molecular weight excluding hydrogens is 278 g/mol. The van der Waals surface area contributed by atoms with Gasteiger partial charge in [-0.15, -0.1) is 0 Å². The normalized spacial score (nSPS) is 19.7. The van der Waals surface area contributed by atoms with Crippen molar-refractivity contribution in [3.05, 3.63) is 29.3 Å². The van der Waals surface area contributed by atoms with Gasteiger partial charge in [0.15, 0.2) is 0 Å². The molecule has 0 fully saturated rings. The molecule has 4 heteroatoms. The fourth-order valence-corrected chi connectivity index (χ4v) is 2.71. The number of carbonyl (C=O) groups is 1. The first-order valence-corrected chi connectivity index (χ1v) is 8.31. The maximum atomic E-state index is 12.2. The van der Waals surface area contributed by atoms with Gasteiger partial charge >= 0.3 is 0 Å². The Morgan fingerprint density at radius 2 is 2.23 bits per heavy atom. The molecule has 4 nitrogen and oxygen atoms in total. The summed E-state index contributed by atoms with van der Waals surface area (Å²) in [5, 5.41) is 13.3. The Bertz CT molecular complexity index is 515. The third kappa shape index (κ3) is 3.80. The monoisotopic (exact) mass is 305 g/mol. The number of hydrogen-bond acceptors (Lipinski definition) is 3. The zero-order valence-electron chi connectivity index (χ0n) is 13.8. The summed E-state index contributed by atoms with van der Waals surface area (Å²) >= 11 is 0. The van der Waals surface area contributed by atoms with Crippen molar-refractivity contribution in [2.24, 2.45) is 5.92 Å². The van der Waals surface area contributed by atoms with Gasteiger partial charge in [-0.05, 0) is 30.5 Å². The quantitative estimate of drug-likeness (QED) is 0.845. The molecule has 1 aromatic rings. The molecule has 1 amide bonds. The molecule has 3 unspecified atom stereocenters. The van der Waals surface area contributed by atoms with Crippen LogP contribution >= 0.6 is 0 Å². The molecule has 2 rings (SSSR count). The maximum absolute atomic E-state index is 12.2. The van der Waals surface area contributed by atoms with Gasteiger partial charge in [0.1, 0.15) is 5.75 Å². The summed E-state index contributed by atoms with van der Waals surface area (Å²) in [6.45, 7) is 6.62. The standard InChI is InChI=1S/C18H27NO3/c1-4-6-16(20)13-7-8-17-14(11-13)15(9-10-22-17)19-18(21)12(3)5-2/h7-8,11-12,15-16,20H,4-6,9-10H2,1-3H3,(H,19,21). The van der Waals surface area contributed by atoms with Crippen molar-refractivity contribution in [1.82, 2.24) is 5.32 Å². The molecule has 122 valence electrons. The van der Waals surface area contributed by atoms with Crippen LogP contribution in [0, 0.1) is 5.92 Å². The minimum atomic E-state index is -0.455.